The predicted octanol–water partition coefficient (Wildman–Crippen LogP) is 3.86. The zero-order chi connectivity index (χ0) is 21.8. The Morgan fingerprint density at radius 3 is 2.55 bits per heavy atom. The minimum absolute atomic E-state index is 0.138. The monoisotopic (exact) mass is 416 g/mol. The first kappa shape index (κ1) is 20.1. The molecular formula is C23H20N4O4. The third kappa shape index (κ3) is 4.09. The van der Waals surface area contributed by atoms with Crippen molar-refractivity contribution in [2.75, 3.05) is 19.0 Å². The SMILES string of the molecule is CCOC(=O)c1cnn(-c2ccc3ccccc3n2)c1NC(=O)c1ccc(OC)cc1. The molecule has 0 aliphatic heterocycles. The minimum atomic E-state index is -0.584. The van der Waals surface area contributed by atoms with Crippen molar-refractivity contribution in [2.24, 2.45) is 0 Å². The lowest BCUT2D eigenvalue weighted by Gasteiger charge is -2.11. The van der Waals surface area contributed by atoms with Gasteiger partial charge in [-0.15, -0.1) is 0 Å². The van der Waals surface area contributed by atoms with Crippen molar-refractivity contribution in [1.82, 2.24) is 14.8 Å². The van der Waals surface area contributed by atoms with Crippen LogP contribution in [0.5, 0.6) is 5.75 Å². The molecule has 4 aromatic rings. The molecule has 0 atom stereocenters. The molecule has 2 heterocycles. The van der Waals surface area contributed by atoms with Gasteiger partial charge in [0, 0.05) is 10.9 Å². The van der Waals surface area contributed by atoms with Gasteiger partial charge >= 0.3 is 5.97 Å². The molecule has 0 bridgehead atoms. The Hall–Kier alpha value is -4.20. The molecule has 0 saturated carbocycles. The standard InChI is InChI=1S/C23H20N4O4/c1-3-31-23(29)18-14-24-27(20-13-10-15-6-4-5-7-19(15)25-20)21(18)26-22(28)16-8-11-17(30-2)12-9-16/h4-14H,3H2,1-2H3,(H,26,28). The second-order valence-electron chi connectivity index (χ2n) is 6.58. The maximum Gasteiger partial charge on any atom is 0.343 e. The predicted molar refractivity (Wildman–Crippen MR) is 116 cm³/mol. The average Bonchev–Trinajstić information content (AvgIpc) is 3.22. The Labute approximate surface area is 178 Å². The summed E-state index contributed by atoms with van der Waals surface area (Å²) in [6.45, 7) is 1.91. The maximum atomic E-state index is 12.9. The van der Waals surface area contributed by atoms with Gasteiger partial charge in [0.05, 0.1) is 25.4 Å². The number of amides is 1. The van der Waals surface area contributed by atoms with Crippen molar-refractivity contribution < 1.29 is 19.1 Å². The van der Waals surface area contributed by atoms with E-state index in [1.165, 1.54) is 10.9 Å². The molecule has 156 valence electrons. The van der Waals surface area contributed by atoms with Crippen molar-refractivity contribution in [2.45, 2.75) is 6.92 Å². The zero-order valence-electron chi connectivity index (χ0n) is 17.0. The second-order valence-corrected chi connectivity index (χ2v) is 6.58. The van der Waals surface area contributed by atoms with Gasteiger partial charge in [-0.25, -0.2) is 9.78 Å². The minimum Gasteiger partial charge on any atom is -0.497 e. The van der Waals surface area contributed by atoms with Crippen molar-refractivity contribution in [3.8, 4) is 11.6 Å². The van der Waals surface area contributed by atoms with E-state index in [2.05, 4.69) is 15.4 Å². The topological polar surface area (TPSA) is 95.3 Å². The fraction of sp³-hybridized carbons (Fsp3) is 0.130. The summed E-state index contributed by atoms with van der Waals surface area (Å²) in [5.74, 6) is 0.283. The number of esters is 1. The molecule has 0 aliphatic rings. The molecule has 8 heteroatoms. The summed E-state index contributed by atoms with van der Waals surface area (Å²) in [4.78, 5) is 29.9. The van der Waals surface area contributed by atoms with E-state index >= 15 is 0 Å². The van der Waals surface area contributed by atoms with Gasteiger partial charge in [0.15, 0.2) is 11.6 Å². The first-order valence-electron chi connectivity index (χ1n) is 9.67. The third-order valence-corrected chi connectivity index (χ3v) is 4.65. The highest BCUT2D eigenvalue weighted by atomic mass is 16.5. The van der Waals surface area contributed by atoms with Crippen LogP contribution in [-0.2, 0) is 4.74 Å². The highest BCUT2D eigenvalue weighted by Gasteiger charge is 2.22. The normalized spacial score (nSPS) is 10.6. The molecule has 0 radical (unpaired) electrons. The molecule has 0 spiro atoms. The molecule has 0 saturated heterocycles. The third-order valence-electron chi connectivity index (χ3n) is 4.65. The highest BCUT2D eigenvalue weighted by Crippen LogP contribution is 2.23. The van der Waals surface area contributed by atoms with Crippen molar-refractivity contribution in [3.05, 3.63) is 78.0 Å². The van der Waals surface area contributed by atoms with Crippen molar-refractivity contribution >= 4 is 28.6 Å². The van der Waals surface area contributed by atoms with E-state index in [1.807, 2.05) is 30.3 Å². The van der Waals surface area contributed by atoms with Gasteiger partial charge in [-0.3, -0.25) is 4.79 Å². The van der Waals surface area contributed by atoms with Crippen LogP contribution < -0.4 is 10.1 Å². The van der Waals surface area contributed by atoms with Crippen molar-refractivity contribution in [1.29, 1.82) is 0 Å². The van der Waals surface area contributed by atoms with Crippen LogP contribution in [0.15, 0.2) is 66.9 Å². The maximum absolute atomic E-state index is 12.9. The number of nitrogens with one attached hydrogen (secondary N) is 1. The molecular weight excluding hydrogens is 396 g/mol. The summed E-state index contributed by atoms with van der Waals surface area (Å²) < 4.78 is 11.7. The van der Waals surface area contributed by atoms with E-state index in [1.54, 1.807) is 44.4 Å². The van der Waals surface area contributed by atoms with Gasteiger partial charge < -0.3 is 14.8 Å². The number of aromatic nitrogens is 3. The number of rotatable bonds is 6. The molecule has 0 fully saturated rings. The smallest absolute Gasteiger partial charge is 0.343 e. The van der Waals surface area contributed by atoms with Crippen molar-refractivity contribution in [3.63, 3.8) is 0 Å². The average molecular weight is 416 g/mol. The summed E-state index contributed by atoms with van der Waals surface area (Å²) in [6.07, 6.45) is 1.36. The summed E-state index contributed by atoms with van der Waals surface area (Å²) in [7, 11) is 1.55. The molecule has 1 N–H and O–H groups in total. The molecule has 8 nitrogen and oxygen atoms in total. The number of fused-ring (bicyclic) bond motifs is 1. The molecule has 0 unspecified atom stereocenters. The van der Waals surface area contributed by atoms with Crippen LogP contribution in [0.3, 0.4) is 0 Å². The van der Waals surface area contributed by atoms with Gasteiger partial charge in [-0.1, -0.05) is 18.2 Å². The van der Waals surface area contributed by atoms with Gasteiger partial charge in [-0.05, 0) is 49.4 Å². The van der Waals surface area contributed by atoms with Crippen LogP contribution >= 0.6 is 0 Å². The van der Waals surface area contributed by atoms with Crippen LogP contribution in [0.4, 0.5) is 5.82 Å². The number of para-hydroxylation sites is 1. The van der Waals surface area contributed by atoms with E-state index in [0.29, 0.717) is 17.1 Å². The Morgan fingerprint density at radius 1 is 1.03 bits per heavy atom. The zero-order valence-corrected chi connectivity index (χ0v) is 17.0. The Balaban J connectivity index is 1.75. The number of hydrogen-bond acceptors (Lipinski definition) is 6. The van der Waals surface area contributed by atoms with E-state index in [0.717, 1.165) is 10.9 Å². The lowest BCUT2D eigenvalue weighted by molar-refractivity contribution is 0.0527. The fourth-order valence-electron chi connectivity index (χ4n) is 3.10. The summed E-state index contributed by atoms with van der Waals surface area (Å²) in [5.41, 5.74) is 1.30. The molecule has 1 amide bonds. The number of benzene rings is 2. The Kier molecular flexibility index (Phi) is 5.61. The Morgan fingerprint density at radius 2 is 1.81 bits per heavy atom. The number of methoxy groups -OCH3 is 1. The van der Waals surface area contributed by atoms with E-state index in [4.69, 9.17) is 9.47 Å². The van der Waals surface area contributed by atoms with Gasteiger partial charge in [0.1, 0.15) is 11.3 Å². The lowest BCUT2D eigenvalue weighted by Crippen LogP contribution is -2.18. The molecule has 2 aromatic heterocycles. The number of nitrogens with zero attached hydrogens (tertiary/aromatic N) is 3. The molecule has 2 aromatic carbocycles. The summed E-state index contributed by atoms with van der Waals surface area (Å²) in [6, 6.07) is 17.9. The first-order valence-corrected chi connectivity index (χ1v) is 9.67. The number of carbonyl (C=O) groups is 2. The van der Waals surface area contributed by atoms with Crippen LogP contribution in [0.25, 0.3) is 16.7 Å². The van der Waals surface area contributed by atoms with Crippen LogP contribution in [-0.4, -0.2) is 40.4 Å². The van der Waals surface area contributed by atoms with Crippen LogP contribution in [0, 0.1) is 0 Å². The quantitative estimate of drug-likeness (QED) is 0.480. The van der Waals surface area contributed by atoms with Gasteiger partial charge in [-0.2, -0.15) is 9.78 Å². The number of hydrogen-bond donors (Lipinski definition) is 1. The Bertz CT molecular complexity index is 1250. The van der Waals surface area contributed by atoms with E-state index in [9.17, 15) is 9.59 Å². The second kappa shape index (κ2) is 8.66. The van der Waals surface area contributed by atoms with Gasteiger partial charge in [0.25, 0.3) is 5.91 Å². The van der Waals surface area contributed by atoms with Crippen LogP contribution in [0.2, 0.25) is 0 Å². The number of anilines is 1. The molecule has 0 aliphatic carbocycles. The largest absolute Gasteiger partial charge is 0.497 e. The molecule has 4 rings (SSSR count). The first-order chi connectivity index (χ1) is 15.1. The number of ether oxygens (including phenoxy) is 2. The van der Waals surface area contributed by atoms with Gasteiger partial charge in [0.2, 0.25) is 0 Å². The fourth-order valence-corrected chi connectivity index (χ4v) is 3.10. The van der Waals surface area contributed by atoms with E-state index < -0.39 is 11.9 Å². The van der Waals surface area contributed by atoms with Crippen LogP contribution in [0.1, 0.15) is 27.6 Å². The van der Waals surface area contributed by atoms with E-state index in [-0.39, 0.29) is 18.0 Å². The molecule has 31 heavy (non-hydrogen) atoms. The summed E-state index contributed by atoms with van der Waals surface area (Å²) in [5, 5.41) is 8.03. The number of pyridine rings is 1. The highest BCUT2D eigenvalue weighted by molar-refractivity contribution is 6.07. The summed E-state index contributed by atoms with van der Waals surface area (Å²) >= 11 is 0. The lowest BCUT2D eigenvalue weighted by atomic mass is 10.2. The number of carbonyl (C=O) groups excluding carboxylic acids is 2.